The van der Waals surface area contributed by atoms with Crippen molar-refractivity contribution in [3.05, 3.63) is 200 Å². The van der Waals surface area contributed by atoms with Gasteiger partial charge in [0.2, 0.25) is 0 Å². The summed E-state index contributed by atoms with van der Waals surface area (Å²) in [5.74, 6) is 1.81. The second-order valence-corrected chi connectivity index (χ2v) is 17.1. The van der Waals surface area contributed by atoms with Crippen LogP contribution in [0.1, 0.15) is 0 Å². The van der Waals surface area contributed by atoms with Gasteiger partial charge in [0.1, 0.15) is 5.58 Å². The second-order valence-electron chi connectivity index (χ2n) is 17.1. The van der Waals surface area contributed by atoms with E-state index in [-0.39, 0.29) is 0 Å². The molecule has 65 heavy (non-hydrogen) atoms. The number of aromatic nitrogens is 5. The van der Waals surface area contributed by atoms with E-state index < -0.39 is 0 Å². The first-order valence-electron chi connectivity index (χ1n) is 22.0. The molecule has 0 fully saturated rings. The number of benzene rings is 10. The van der Waals surface area contributed by atoms with Gasteiger partial charge >= 0.3 is 0 Å². The van der Waals surface area contributed by atoms with Crippen molar-refractivity contribution in [2.24, 2.45) is 0 Å². The van der Waals surface area contributed by atoms with Crippen molar-refractivity contribution in [3.8, 4) is 39.9 Å². The van der Waals surface area contributed by atoms with Crippen LogP contribution in [0.15, 0.2) is 205 Å². The lowest BCUT2D eigenvalue weighted by atomic mass is 10.0. The normalized spacial score (nSPS) is 12.3. The first-order valence-corrected chi connectivity index (χ1v) is 22.0. The minimum Gasteiger partial charge on any atom is -0.454 e. The van der Waals surface area contributed by atoms with Gasteiger partial charge in [0.25, 0.3) is 0 Å². The third-order valence-electron chi connectivity index (χ3n) is 13.7. The van der Waals surface area contributed by atoms with Gasteiger partial charge in [-0.15, -0.1) is 0 Å². The molecule has 6 heteroatoms. The van der Waals surface area contributed by atoms with Gasteiger partial charge in [0.05, 0.1) is 33.3 Å². The van der Waals surface area contributed by atoms with E-state index >= 15 is 0 Å². The zero-order chi connectivity index (χ0) is 42.3. The van der Waals surface area contributed by atoms with Crippen molar-refractivity contribution in [1.29, 1.82) is 0 Å². The molecule has 15 aromatic rings. The van der Waals surface area contributed by atoms with Crippen LogP contribution in [0.3, 0.4) is 0 Å². The number of furan rings is 1. The monoisotopic (exact) mass is 827 g/mol. The highest BCUT2D eigenvalue weighted by molar-refractivity contribution is 6.27. The van der Waals surface area contributed by atoms with E-state index in [0.29, 0.717) is 17.5 Å². The van der Waals surface area contributed by atoms with E-state index in [0.717, 1.165) is 66.1 Å². The van der Waals surface area contributed by atoms with Crippen molar-refractivity contribution in [3.63, 3.8) is 0 Å². The summed E-state index contributed by atoms with van der Waals surface area (Å²) in [7, 11) is 0. The topological polar surface area (TPSA) is 61.2 Å². The minimum absolute atomic E-state index is 0.581. The number of hydrogen-bond donors (Lipinski definition) is 0. The molecule has 5 heterocycles. The van der Waals surface area contributed by atoms with Crippen molar-refractivity contribution < 1.29 is 4.42 Å². The summed E-state index contributed by atoms with van der Waals surface area (Å²) in [5.41, 5.74) is 11.1. The van der Waals surface area contributed by atoms with Gasteiger partial charge in [-0.25, -0.2) is 15.0 Å². The summed E-state index contributed by atoms with van der Waals surface area (Å²) in [5, 5.41) is 14.0. The lowest BCUT2D eigenvalue weighted by Gasteiger charge is -2.13. The standard InChI is InChI=1S/C59H33N5O/c1-2-15-35(16-3-1)57-60-58(42-25-12-19-34-14-6-7-20-38(34)42)62-59(61-57)44-28-29-49(56-54(44)43-22-9-11-27-53(43)65-56)63-50-31-37-18-5-4-17-36(37)30-45(50)47-32-46-41-24-13-23-40-39-21-8-10-26-48(39)64(55(40)41)52(46)33-51(47)63/h1-33H. The third kappa shape index (κ3) is 4.80. The van der Waals surface area contributed by atoms with Gasteiger partial charge < -0.3 is 13.4 Å². The van der Waals surface area contributed by atoms with Crippen LogP contribution in [0, 0.1) is 0 Å². The third-order valence-corrected chi connectivity index (χ3v) is 13.7. The van der Waals surface area contributed by atoms with E-state index in [4.69, 9.17) is 19.4 Å². The summed E-state index contributed by atoms with van der Waals surface area (Å²) >= 11 is 0. The molecule has 15 rings (SSSR count). The van der Waals surface area contributed by atoms with Gasteiger partial charge in [-0.05, 0) is 70.1 Å². The predicted octanol–water partition coefficient (Wildman–Crippen LogP) is 15.3. The van der Waals surface area contributed by atoms with Crippen molar-refractivity contribution in [1.82, 2.24) is 23.9 Å². The molecule has 6 nitrogen and oxygen atoms in total. The van der Waals surface area contributed by atoms with E-state index in [1.54, 1.807) is 0 Å². The fourth-order valence-corrected chi connectivity index (χ4v) is 10.8. The van der Waals surface area contributed by atoms with E-state index in [1.807, 2.05) is 24.3 Å². The predicted molar refractivity (Wildman–Crippen MR) is 267 cm³/mol. The van der Waals surface area contributed by atoms with Gasteiger partial charge in [0.15, 0.2) is 23.1 Å². The maximum atomic E-state index is 7.08. The molecule has 0 unspecified atom stereocenters. The first kappa shape index (κ1) is 34.7. The lowest BCUT2D eigenvalue weighted by Crippen LogP contribution is -2.01. The molecule has 10 aromatic carbocycles. The molecule has 0 aliphatic heterocycles. The highest BCUT2D eigenvalue weighted by Crippen LogP contribution is 2.46. The average molecular weight is 828 g/mol. The van der Waals surface area contributed by atoms with Crippen LogP contribution in [0.2, 0.25) is 0 Å². The quantitative estimate of drug-likeness (QED) is 0.177. The Kier molecular flexibility index (Phi) is 6.86. The first-order chi connectivity index (χ1) is 32.2. The van der Waals surface area contributed by atoms with Crippen molar-refractivity contribution >= 4 is 103 Å². The average Bonchev–Trinajstić information content (AvgIpc) is 4.11. The van der Waals surface area contributed by atoms with Gasteiger partial charge in [-0.3, -0.25) is 0 Å². The van der Waals surface area contributed by atoms with Gasteiger partial charge in [-0.2, -0.15) is 0 Å². The fraction of sp³-hybridized carbons (Fsp3) is 0. The zero-order valence-electron chi connectivity index (χ0n) is 34.7. The molecular formula is C59H33N5O. The summed E-state index contributed by atoms with van der Waals surface area (Å²) in [6.07, 6.45) is 0. The Hall–Kier alpha value is -8.87. The summed E-state index contributed by atoms with van der Waals surface area (Å²) in [4.78, 5) is 15.8. The zero-order valence-corrected chi connectivity index (χ0v) is 34.7. The number of fused-ring (bicyclic) bond motifs is 14. The van der Waals surface area contributed by atoms with Crippen LogP contribution in [0.5, 0.6) is 0 Å². The van der Waals surface area contributed by atoms with E-state index in [2.05, 4.69) is 185 Å². The van der Waals surface area contributed by atoms with Crippen molar-refractivity contribution in [2.45, 2.75) is 0 Å². The Morgan fingerprint density at radius 1 is 0.354 bits per heavy atom. The fourth-order valence-electron chi connectivity index (χ4n) is 10.8. The highest BCUT2D eigenvalue weighted by Gasteiger charge is 2.25. The number of para-hydroxylation sites is 3. The van der Waals surface area contributed by atoms with Crippen LogP contribution in [0.25, 0.3) is 143 Å². The molecule has 300 valence electrons. The number of nitrogens with zero attached hydrogens (tertiary/aromatic N) is 5. The molecule has 0 aliphatic rings. The summed E-state index contributed by atoms with van der Waals surface area (Å²) in [6, 6.07) is 71.2. The Morgan fingerprint density at radius 2 is 0.954 bits per heavy atom. The van der Waals surface area contributed by atoms with Crippen LogP contribution in [0.4, 0.5) is 0 Å². The van der Waals surface area contributed by atoms with E-state index in [9.17, 15) is 0 Å². The molecule has 0 spiro atoms. The highest BCUT2D eigenvalue weighted by atomic mass is 16.3. The smallest absolute Gasteiger partial charge is 0.164 e. The van der Waals surface area contributed by atoms with Crippen LogP contribution in [-0.4, -0.2) is 23.9 Å². The molecule has 0 radical (unpaired) electrons. The number of rotatable bonds is 4. The van der Waals surface area contributed by atoms with Gasteiger partial charge in [-0.1, -0.05) is 152 Å². The largest absolute Gasteiger partial charge is 0.454 e. The van der Waals surface area contributed by atoms with Crippen LogP contribution >= 0.6 is 0 Å². The van der Waals surface area contributed by atoms with Crippen LogP contribution in [-0.2, 0) is 0 Å². The SMILES string of the molecule is c1ccc(-c2nc(-c3cccc4ccccc34)nc(-c3ccc(-n4c5cc6ccccc6cc5c5cc6c7cccc8c9ccccc9n(c6cc54)c87)c4oc5ccccc5c34)n2)cc1. The molecule has 0 saturated carbocycles. The molecule has 0 atom stereocenters. The Labute approximate surface area is 370 Å². The Balaban J connectivity index is 1.06. The maximum absolute atomic E-state index is 7.08. The molecule has 5 aromatic heterocycles. The molecule has 0 N–H and O–H groups in total. The Morgan fingerprint density at radius 3 is 1.82 bits per heavy atom. The summed E-state index contributed by atoms with van der Waals surface area (Å²) in [6.45, 7) is 0. The molecule has 0 bridgehead atoms. The van der Waals surface area contributed by atoms with Crippen molar-refractivity contribution in [2.75, 3.05) is 0 Å². The lowest BCUT2D eigenvalue weighted by molar-refractivity contribution is 0.666. The second kappa shape index (κ2) is 12.8. The Bertz CT molecular complexity index is 4480. The van der Waals surface area contributed by atoms with Gasteiger partial charge in [0, 0.05) is 59.8 Å². The molecule has 0 amide bonds. The summed E-state index contributed by atoms with van der Waals surface area (Å²) < 4.78 is 12.0. The molecule has 0 aliphatic carbocycles. The van der Waals surface area contributed by atoms with Crippen LogP contribution < -0.4 is 0 Å². The molecular weight excluding hydrogens is 795 g/mol. The minimum atomic E-state index is 0.581. The number of hydrogen-bond acceptors (Lipinski definition) is 4. The van der Waals surface area contributed by atoms with E-state index in [1.165, 1.54) is 59.6 Å². The maximum Gasteiger partial charge on any atom is 0.164 e. The molecule has 0 saturated heterocycles.